The molecule has 0 aliphatic carbocycles. The van der Waals surface area contributed by atoms with Gasteiger partial charge in [0.25, 0.3) is 0 Å². The van der Waals surface area contributed by atoms with E-state index in [0.29, 0.717) is 12.4 Å². The first-order chi connectivity index (χ1) is 11.5. The number of benzene rings is 1. The van der Waals surface area contributed by atoms with E-state index in [1.807, 2.05) is 31.2 Å². The van der Waals surface area contributed by atoms with Crippen molar-refractivity contribution in [2.75, 3.05) is 13.2 Å². The van der Waals surface area contributed by atoms with Crippen molar-refractivity contribution in [1.29, 1.82) is 0 Å². The summed E-state index contributed by atoms with van der Waals surface area (Å²) in [5, 5.41) is 0. The second-order valence-electron chi connectivity index (χ2n) is 8.29. The van der Waals surface area contributed by atoms with Crippen LogP contribution in [-0.4, -0.2) is 13.2 Å². The highest BCUT2D eigenvalue weighted by atomic mass is 31.2. The van der Waals surface area contributed by atoms with E-state index < -0.39 is 7.82 Å². The van der Waals surface area contributed by atoms with Crippen molar-refractivity contribution >= 4 is 7.82 Å². The van der Waals surface area contributed by atoms with Gasteiger partial charge in [-0.05, 0) is 48.3 Å². The first-order valence-electron chi connectivity index (χ1n) is 9.20. The lowest BCUT2D eigenvalue weighted by molar-refractivity contribution is 0.159. The molecule has 0 bridgehead atoms. The molecule has 0 aliphatic rings. The lowest BCUT2D eigenvalue weighted by Gasteiger charge is -2.33. The van der Waals surface area contributed by atoms with E-state index in [-0.39, 0.29) is 17.4 Å². The van der Waals surface area contributed by atoms with Crippen LogP contribution in [0, 0.1) is 5.41 Å². The van der Waals surface area contributed by atoms with Crippen molar-refractivity contribution in [3.05, 3.63) is 29.8 Å². The van der Waals surface area contributed by atoms with Gasteiger partial charge in [0.15, 0.2) is 0 Å². The molecule has 25 heavy (non-hydrogen) atoms. The van der Waals surface area contributed by atoms with Gasteiger partial charge in [0.1, 0.15) is 5.75 Å². The van der Waals surface area contributed by atoms with Crippen LogP contribution in [0.1, 0.15) is 73.3 Å². The van der Waals surface area contributed by atoms with Crippen molar-refractivity contribution in [1.82, 2.24) is 0 Å². The van der Waals surface area contributed by atoms with Crippen LogP contribution in [0.25, 0.3) is 0 Å². The highest BCUT2D eigenvalue weighted by Gasteiger charge is 2.29. The van der Waals surface area contributed by atoms with E-state index in [1.165, 1.54) is 5.56 Å². The summed E-state index contributed by atoms with van der Waals surface area (Å²) in [5.41, 5.74) is 1.53. The molecule has 1 aromatic carbocycles. The van der Waals surface area contributed by atoms with E-state index >= 15 is 0 Å². The largest absolute Gasteiger partial charge is 0.530 e. The number of hydrogen-bond donors (Lipinski definition) is 0. The number of phosphoric acid groups is 1. The van der Waals surface area contributed by atoms with Crippen molar-refractivity contribution in [3.63, 3.8) is 0 Å². The van der Waals surface area contributed by atoms with E-state index in [2.05, 4.69) is 34.6 Å². The third-order valence-electron chi connectivity index (χ3n) is 3.86. The Morgan fingerprint density at radius 1 is 0.960 bits per heavy atom. The minimum atomic E-state index is -3.56. The maximum atomic E-state index is 12.7. The summed E-state index contributed by atoms with van der Waals surface area (Å²) >= 11 is 0. The van der Waals surface area contributed by atoms with Gasteiger partial charge in [0.2, 0.25) is 0 Å². The molecule has 1 unspecified atom stereocenters. The third-order valence-corrected chi connectivity index (χ3v) is 5.37. The molecular formula is C20H35O4P. The molecule has 1 rings (SSSR count). The van der Waals surface area contributed by atoms with Crippen molar-refractivity contribution in [2.45, 2.75) is 73.1 Å². The summed E-state index contributed by atoms with van der Waals surface area (Å²) in [6, 6.07) is 7.75. The average molecular weight is 370 g/mol. The molecule has 4 nitrogen and oxygen atoms in total. The molecule has 144 valence electrons. The minimum absolute atomic E-state index is 0.0536. The lowest BCUT2D eigenvalue weighted by Crippen LogP contribution is -2.24. The van der Waals surface area contributed by atoms with Crippen molar-refractivity contribution in [2.24, 2.45) is 5.41 Å². The van der Waals surface area contributed by atoms with Crippen LogP contribution in [0.5, 0.6) is 5.75 Å². The number of phosphoric ester groups is 1. The molecule has 1 atom stereocenters. The number of unbranched alkanes of at least 4 members (excludes halogenated alkanes) is 1. The van der Waals surface area contributed by atoms with Crippen LogP contribution < -0.4 is 4.52 Å². The molecule has 0 saturated carbocycles. The molecule has 0 aliphatic heterocycles. The van der Waals surface area contributed by atoms with Crippen LogP contribution >= 0.6 is 7.82 Å². The Morgan fingerprint density at radius 3 is 2.04 bits per heavy atom. The van der Waals surface area contributed by atoms with Gasteiger partial charge in [-0.1, -0.05) is 60.1 Å². The van der Waals surface area contributed by atoms with Crippen LogP contribution in [0.3, 0.4) is 0 Å². The smallest absolute Gasteiger partial charge is 0.404 e. The molecule has 5 heteroatoms. The van der Waals surface area contributed by atoms with Crippen molar-refractivity contribution in [3.8, 4) is 5.75 Å². The van der Waals surface area contributed by atoms with Crippen molar-refractivity contribution < 1.29 is 18.1 Å². The SMILES string of the molecule is CCCCOP(=O)(OCC)Oc1ccc(C(C)(C)CC(C)(C)C)cc1. The first kappa shape index (κ1) is 22.2. The molecular weight excluding hydrogens is 335 g/mol. The summed E-state index contributed by atoms with van der Waals surface area (Å²) < 4.78 is 28.9. The van der Waals surface area contributed by atoms with E-state index in [0.717, 1.165) is 19.3 Å². The van der Waals surface area contributed by atoms with Gasteiger partial charge in [-0.3, -0.25) is 9.05 Å². The predicted octanol–water partition coefficient (Wildman–Crippen LogP) is 6.74. The molecule has 0 N–H and O–H groups in total. The summed E-state index contributed by atoms with van der Waals surface area (Å²) in [7, 11) is -3.56. The zero-order valence-electron chi connectivity index (χ0n) is 16.9. The van der Waals surface area contributed by atoms with E-state index in [9.17, 15) is 4.57 Å². The lowest BCUT2D eigenvalue weighted by atomic mass is 9.72. The zero-order chi connectivity index (χ0) is 19.1. The van der Waals surface area contributed by atoms with Crippen LogP contribution in [0.2, 0.25) is 0 Å². The van der Waals surface area contributed by atoms with Gasteiger partial charge < -0.3 is 4.52 Å². The summed E-state index contributed by atoms with van der Waals surface area (Å²) in [6.45, 7) is 15.7. The molecule has 0 aromatic heterocycles. The molecule has 1 aromatic rings. The first-order valence-corrected chi connectivity index (χ1v) is 10.7. The van der Waals surface area contributed by atoms with E-state index in [1.54, 1.807) is 6.92 Å². The Hall–Kier alpha value is -0.830. The molecule has 0 saturated heterocycles. The molecule has 0 amide bonds. The average Bonchev–Trinajstić information content (AvgIpc) is 2.45. The normalized spacial score (nSPS) is 15.0. The zero-order valence-corrected chi connectivity index (χ0v) is 17.8. The Morgan fingerprint density at radius 2 is 1.56 bits per heavy atom. The predicted molar refractivity (Wildman–Crippen MR) is 104 cm³/mol. The summed E-state index contributed by atoms with van der Waals surface area (Å²) in [6.07, 6.45) is 2.85. The molecule has 0 heterocycles. The third kappa shape index (κ3) is 7.94. The topological polar surface area (TPSA) is 44.8 Å². The van der Waals surface area contributed by atoms with Gasteiger partial charge in [0, 0.05) is 0 Å². The maximum Gasteiger partial charge on any atom is 0.530 e. The van der Waals surface area contributed by atoms with Gasteiger partial charge in [-0.2, -0.15) is 0 Å². The standard InChI is InChI=1S/C20H35O4P/c1-8-10-15-23-25(21,22-9-2)24-18-13-11-17(12-14-18)20(6,7)16-19(3,4)5/h11-14H,8-10,15-16H2,1-7H3. The Bertz CT molecular complexity index is 558. The quantitative estimate of drug-likeness (QED) is 0.338. The number of hydrogen-bond acceptors (Lipinski definition) is 4. The van der Waals surface area contributed by atoms with Crippen LogP contribution in [-0.2, 0) is 19.0 Å². The summed E-state index contributed by atoms with van der Waals surface area (Å²) in [4.78, 5) is 0. The Balaban J connectivity index is 2.85. The molecule has 0 fully saturated rings. The fraction of sp³-hybridized carbons (Fsp3) is 0.700. The minimum Gasteiger partial charge on any atom is -0.404 e. The Kier molecular flexibility index (Phi) is 8.18. The highest BCUT2D eigenvalue weighted by molar-refractivity contribution is 7.48. The monoisotopic (exact) mass is 370 g/mol. The number of rotatable bonds is 10. The maximum absolute atomic E-state index is 12.7. The van der Waals surface area contributed by atoms with Gasteiger partial charge in [0.05, 0.1) is 13.2 Å². The fourth-order valence-electron chi connectivity index (χ4n) is 3.09. The van der Waals surface area contributed by atoms with Crippen LogP contribution in [0.4, 0.5) is 0 Å². The van der Waals surface area contributed by atoms with Gasteiger partial charge >= 0.3 is 7.82 Å². The van der Waals surface area contributed by atoms with E-state index in [4.69, 9.17) is 13.6 Å². The molecule has 0 radical (unpaired) electrons. The summed E-state index contributed by atoms with van der Waals surface area (Å²) in [5.74, 6) is 0.503. The molecule has 0 spiro atoms. The van der Waals surface area contributed by atoms with Gasteiger partial charge in [-0.25, -0.2) is 4.57 Å². The van der Waals surface area contributed by atoms with Gasteiger partial charge in [-0.15, -0.1) is 0 Å². The second-order valence-corrected chi connectivity index (χ2v) is 9.88. The highest BCUT2D eigenvalue weighted by Crippen LogP contribution is 2.49. The van der Waals surface area contributed by atoms with Crippen LogP contribution in [0.15, 0.2) is 24.3 Å². The second kappa shape index (κ2) is 9.21. The fourth-order valence-corrected chi connectivity index (χ4v) is 4.32. The Labute approximate surface area is 153 Å².